The Hall–Kier alpha value is -2.34. The number of imide groups is 1. The molecule has 0 fully saturated rings. The van der Waals surface area contributed by atoms with Crippen LogP contribution in [0, 0.1) is 0 Å². The summed E-state index contributed by atoms with van der Waals surface area (Å²) in [7, 11) is 3.10. The lowest BCUT2D eigenvalue weighted by molar-refractivity contribution is -0.120. The van der Waals surface area contributed by atoms with E-state index in [-0.39, 0.29) is 12.3 Å². The van der Waals surface area contributed by atoms with Crippen LogP contribution in [0.3, 0.4) is 0 Å². The number of nitrogens with zero attached hydrogens (tertiary/aromatic N) is 1. The molecule has 0 saturated heterocycles. The first-order chi connectivity index (χ1) is 10.6. The molecule has 0 heterocycles. The molecule has 0 atom stereocenters. The van der Waals surface area contributed by atoms with Gasteiger partial charge in [0.15, 0.2) is 0 Å². The monoisotopic (exact) mass is 305 g/mol. The van der Waals surface area contributed by atoms with Crippen molar-refractivity contribution in [3.63, 3.8) is 0 Å². The number of amides is 3. The molecule has 1 aromatic carbocycles. The van der Waals surface area contributed by atoms with Crippen molar-refractivity contribution in [2.75, 3.05) is 27.2 Å². The Morgan fingerprint density at radius 2 is 2.00 bits per heavy atom. The molecule has 0 aliphatic carbocycles. The Morgan fingerprint density at radius 3 is 2.55 bits per heavy atom. The first-order valence-electron chi connectivity index (χ1n) is 7.06. The fourth-order valence-corrected chi connectivity index (χ4v) is 1.92. The Morgan fingerprint density at radius 1 is 1.32 bits per heavy atom. The Kier molecular flexibility index (Phi) is 7.70. The fraction of sp³-hybridized carbons (Fsp3) is 0.375. The molecular formula is C16H23N3O3. The van der Waals surface area contributed by atoms with Crippen LogP contribution in [0.25, 0.3) is 0 Å². The molecule has 6 heteroatoms. The molecule has 0 aliphatic rings. The van der Waals surface area contributed by atoms with Crippen LogP contribution in [0.4, 0.5) is 4.79 Å². The molecule has 2 N–H and O–H groups in total. The average Bonchev–Trinajstić information content (AvgIpc) is 2.53. The van der Waals surface area contributed by atoms with Crippen molar-refractivity contribution in [2.45, 2.75) is 13.0 Å². The highest BCUT2D eigenvalue weighted by Gasteiger charge is 2.10. The van der Waals surface area contributed by atoms with E-state index >= 15 is 0 Å². The van der Waals surface area contributed by atoms with Crippen LogP contribution in [0.1, 0.15) is 12.0 Å². The van der Waals surface area contributed by atoms with Crippen molar-refractivity contribution in [3.8, 4) is 5.75 Å². The molecule has 0 unspecified atom stereocenters. The molecule has 6 nitrogen and oxygen atoms in total. The van der Waals surface area contributed by atoms with Gasteiger partial charge in [0.25, 0.3) is 0 Å². The smallest absolute Gasteiger partial charge is 0.321 e. The van der Waals surface area contributed by atoms with Crippen molar-refractivity contribution in [1.29, 1.82) is 0 Å². The fourth-order valence-electron chi connectivity index (χ4n) is 1.92. The summed E-state index contributed by atoms with van der Waals surface area (Å²) in [6, 6.07) is 7.29. The van der Waals surface area contributed by atoms with Gasteiger partial charge in [-0.05, 0) is 17.7 Å². The molecule has 0 radical (unpaired) electrons. The third-order valence-electron chi connectivity index (χ3n) is 3.09. The number of benzene rings is 1. The highest BCUT2D eigenvalue weighted by Crippen LogP contribution is 2.13. The normalized spacial score (nSPS) is 10.1. The number of carbonyl (C=O) groups excluding carboxylic acids is 2. The number of hydrogen-bond acceptors (Lipinski definition) is 4. The lowest BCUT2D eigenvalue weighted by Gasteiger charge is -2.20. The molecule has 0 aliphatic heterocycles. The molecule has 3 amide bonds. The number of methoxy groups -OCH3 is 1. The van der Waals surface area contributed by atoms with Crippen LogP contribution >= 0.6 is 0 Å². The van der Waals surface area contributed by atoms with Gasteiger partial charge in [0.1, 0.15) is 5.75 Å². The Bertz CT molecular complexity index is 500. The third-order valence-corrected chi connectivity index (χ3v) is 3.09. The van der Waals surface area contributed by atoms with Crippen LogP contribution < -0.4 is 15.4 Å². The minimum atomic E-state index is -0.490. The van der Waals surface area contributed by atoms with E-state index in [4.69, 9.17) is 4.74 Å². The van der Waals surface area contributed by atoms with E-state index in [0.717, 1.165) is 11.3 Å². The minimum absolute atomic E-state index is 0.247. The van der Waals surface area contributed by atoms with E-state index in [9.17, 15) is 9.59 Å². The predicted octanol–water partition coefficient (Wildman–Crippen LogP) is 1.53. The van der Waals surface area contributed by atoms with E-state index in [0.29, 0.717) is 19.6 Å². The van der Waals surface area contributed by atoms with Crippen molar-refractivity contribution < 1.29 is 14.3 Å². The van der Waals surface area contributed by atoms with Crippen molar-refractivity contribution in [2.24, 2.45) is 0 Å². The molecule has 1 rings (SSSR count). The van der Waals surface area contributed by atoms with Gasteiger partial charge in [0, 0.05) is 33.1 Å². The number of carbonyl (C=O) groups is 2. The zero-order valence-corrected chi connectivity index (χ0v) is 13.1. The summed E-state index contributed by atoms with van der Waals surface area (Å²) in [6.45, 7) is 5.64. The standard InChI is InChI=1S/C16H23N3O3/c1-4-10-19(11-9-15(20)18-16(21)17-2)12-13-5-7-14(22-3)8-6-13/h4-8H,1,9-12H2,2-3H3,(H2,17,18,20,21). The van der Waals surface area contributed by atoms with Crippen molar-refractivity contribution in [1.82, 2.24) is 15.5 Å². The van der Waals surface area contributed by atoms with E-state index in [1.165, 1.54) is 7.05 Å². The lowest BCUT2D eigenvalue weighted by atomic mass is 10.2. The van der Waals surface area contributed by atoms with Crippen molar-refractivity contribution in [3.05, 3.63) is 42.5 Å². The molecule has 1 aromatic rings. The number of nitrogens with one attached hydrogen (secondary N) is 2. The summed E-state index contributed by atoms with van der Waals surface area (Å²) in [6.07, 6.45) is 2.04. The second-order valence-corrected chi connectivity index (χ2v) is 4.75. The largest absolute Gasteiger partial charge is 0.497 e. The van der Waals surface area contributed by atoms with Gasteiger partial charge in [-0.2, -0.15) is 0 Å². The molecule has 0 spiro atoms. The zero-order valence-electron chi connectivity index (χ0n) is 13.1. The SMILES string of the molecule is C=CCN(CCC(=O)NC(=O)NC)Cc1ccc(OC)cc1. The van der Waals surface area contributed by atoms with Gasteiger partial charge in [0.2, 0.25) is 5.91 Å². The Labute approximate surface area is 131 Å². The maximum atomic E-state index is 11.6. The van der Waals surface area contributed by atoms with E-state index < -0.39 is 6.03 Å². The minimum Gasteiger partial charge on any atom is -0.497 e. The second-order valence-electron chi connectivity index (χ2n) is 4.75. The van der Waals surface area contributed by atoms with Gasteiger partial charge >= 0.3 is 6.03 Å². The van der Waals surface area contributed by atoms with Gasteiger partial charge < -0.3 is 10.1 Å². The summed E-state index contributed by atoms with van der Waals surface area (Å²) in [5.74, 6) is 0.507. The number of ether oxygens (including phenoxy) is 1. The maximum Gasteiger partial charge on any atom is 0.321 e. The van der Waals surface area contributed by atoms with Crippen LogP contribution in [0.5, 0.6) is 5.75 Å². The number of hydrogen-bond donors (Lipinski definition) is 2. The molecule has 120 valence electrons. The van der Waals surface area contributed by atoms with E-state index in [1.54, 1.807) is 13.2 Å². The van der Waals surface area contributed by atoms with Crippen molar-refractivity contribution >= 4 is 11.9 Å². The average molecular weight is 305 g/mol. The highest BCUT2D eigenvalue weighted by atomic mass is 16.5. The number of urea groups is 1. The summed E-state index contributed by atoms with van der Waals surface area (Å²) >= 11 is 0. The third kappa shape index (κ3) is 6.41. The first-order valence-corrected chi connectivity index (χ1v) is 7.06. The summed E-state index contributed by atoms with van der Waals surface area (Å²) in [4.78, 5) is 24.8. The van der Waals surface area contributed by atoms with Gasteiger partial charge in [-0.1, -0.05) is 18.2 Å². The zero-order chi connectivity index (χ0) is 16.4. The predicted molar refractivity (Wildman–Crippen MR) is 85.7 cm³/mol. The molecule has 0 aromatic heterocycles. The highest BCUT2D eigenvalue weighted by molar-refractivity contribution is 5.94. The Balaban J connectivity index is 2.51. The maximum absolute atomic E-state index is 11.6. The second kappa shape index (κ2) is 9.57. The van der Waals surface area contributed by atoms with Crippen LogP contribution in [0.15, 0.2) is 36.9 Å². The topological polar surface area (TPSA) is 70.7 Å². The van der Waals surface area contributed by atoms with Gasteiger partial charge in [-0.3, -0.25) is 15.0 Å². The molecule has 0 bridgehead atoms. The van der Waals surface area contributed by atoms with Crippen LogP contribution in [-0.2, 0) is 11.3 Å². The van der Waals surface area contributed by atoms with E-state index in [1.807, 2.05) is 24.3 Å². The summed E-state index contributed by atoms with van der Waals surface area (Å²) < 4.78 is 5.13. The summed E-state index contributed by atoms with van der Waals surface area (Å²) in [5.41, 5.74) is 1.12. The van der Waals surface area contributed by atoms with E-state index in [2.05, 4.69) is 22.1 Å². The summed E-state index contributed by atoms with van der Waals surface area (Å²) in [5, 5.41) is 4.59. The van der Waals surface area contributed by atoms with Crippen LogP contribution in [-0.4, -0.2) is 44.1 Å². The first kappa shape index (κ1) is 17.7. The van der Waals surface area contributed by atoms with Gasteiger partial charge in [0.05, 0.1) is 7.11 Å². The molecular weight excluding hydrogens is 282 g/mol. The number of rotatable bonds is 8. The van der Waals surface area contributed by atoms with Crippen LogP contribution in [0.2, 0.25) is 0 Å². The van der Waals surface area contributed by atoms with Gasteiger partial charge in [-0.15, -0.1) is 6.58 Å². The lowest BCUT2D eigenvalue weighted by Crippen LogP contribution is -2.39. The molecule has 22 heavy (non-hydrogen) atoms. The van der Waals surface area contributed by atoms with Gasteiger partial charge in [-0.25, -0.2) is 4.79 Å². The quantitative estimate of drug-likeness (QED) is 0.715. The molecule has 0 saturated carbocycles.